The van der Waals surface area contributed by atoms with Crippen LogP contribution in [0.5, 0.6) is 0 Å². The Morgan fingerprint density at radius 1 is 1.60 bits per heavy atom. The quantitative estimate of drug-likeness (QED) is 0.901. The number of likely N-dealkylation sites (N-methyl/N-ethyl adjacent to an activating group) is 1. The van der Waals surface area contributed by atoms with E-state index in [0.717, 1.165) is 19.5 Å². The minimum Gasteiger partial charge on any atom is -0.340 e. The Balaban J connectivity index is 0.00000200. The van der Waals surface area contributed by atoms with Crippen LogP contribution in [0.3, 0.4) is 0 Å². The number of hydrogen-bond acceptors (Lipinski definition) is 4. The number of rotatable bonds is 5. The SMILES string of the molecule is CN(Cc1cccs1)C(=O)CN1CCC(C)(CN)C1.Cl. The minimum atomic E-state index is 0. The molecule has 0 radical (unpaired) electrons. The molecule has 1 amide bonds. The van der Waals surface area contributed by atoms with Crippen molar-refractivity contribution in [3.8, 4) is 0 Å². The molecule has 2 heterocycles. The van der Waals surface area contributed by atoms with Crippen molar-refractivity contribution in [2.45, 2.75) is 19.9 Å². The number of hydrogen-bond donors (Lipinski definition) is 1. The first kappa shape index (κ1) is 17.4. The molecule has 0 aliphatic carbocycles. The third kappa shape index (κ3) is 4.45. The van der Waals surface area contributed by atoms with Crippen molar-refractivity contribution in [3.05, 3.63) is 22.4 Å². The van der Waals surface area contributed by atoms with Crippen molar-refractivity contribution < 1.29 is 4.79 Å². The van der Waals surface area contributed by atoms with Gasteiger partial charge in [0.15, 0.2) is 0 Å². The monoisotopic (exact) mass is 317 g/mol. The van der Waals surface area contributed by atoms with E-state index in [9.17, 15) is 4.79 Å². The summed E-state index contributed by atoms with van der Waals surface area (Å²) < 4.78 is 0. The van der Waals surface area contributed by atoms with E-state index in [1.54, 1.807) is 11.3 Å². The van der Waals surface area contributed by atoms with Gasteiger partial charge in [0.25, 0.3) is 0 Å². The molecule has 0 saturated carbocycles. The van der Waals surface area contributed by atoms with E-state index in [4.69, 9.17) is 5.73 Å². The molecule has 0 aromatic carbocycles. The van der Waals surface area contributed by atoms with Crippen LogP contribution >= 0.6 is 23.7 Å². The molecule has 1 aromatic heterocycles. The zero-order chi connectivity index (χ0) is 13.9. The van der Waals surface area contributed by atoms with E-state index in [2.05, 4.69) is 17.9 Å². The number of thiophene rings is 1. The zero-order valence-electron chi connectivity index (χ0n) is 12.2. The van der Waals surface area contributed by atoms with Crippen molar-refractivity contribution in [1.29, 1.82) is 0 Å². The molecular weight excluding hydrogens is 294 g/mol. The number of carbonyl (C=O) groups is 1. The molecule has 4 nitrogen and oxygen atoms in total. The molecule has 1 aliphatic rings. The van der Waals surface area contributed by atoms with E-state index < -0.39 is 0 Å². The lowest BCUT2D eigenvalue weighted by atomic mass is 9.90. The van der Waals surface area contributed by atoms with E-state index in [0.29, 0.717) is 19.6 Å². The van der Waals surface area contributed by atoms with Gasteiger partial charge in [-0.3, -0.25) is 9.69 Å². The summed E-state index contributed by atoms with van der Waals surface area (Å²) >= 11 is 1.69. The fraction of sp³-hybridized carbons (Fsp3) is 0.643. The summed E-state index contributed by atoms with van der Waals surface area (Å²) in [6, 6.07) is 4.08. The first-order chi connectivity index (χ1) is 9.02. The maximum absolute atomic E-state index is 12.2. The predicted octanol–water partition coefficient (Wildman–Crippen LogP) is 1.80. The zero-order valence-corrected chi connectivity index (χ0v) is 13.8. The molecular formula is C14H24ClN3OS. The van der Waals surface area contributed by atoms with Gasteiger partial charge >= 0.3 is 0 Å². The molecule has 6 heteroatoms. The Kier molecular flexibility index (Phi) is 6.45. The highest BCUT2D eigenvalue weighted by molar-refractivity contribution is 7.09. The van der Waals surface area contributed by atoms with Gasteiger partial charge in [0.1, 0.15) is 0 Å². The summed E-state index contributed by atoms with van der Waals surface area (Å²) in [6.07, 6.45) is 1.09. The topological polar surface area (TPSA) is 49.6 Å². The Morgan fingerprint density at radius 3 is 2.90 bits per heavy atom. The Bertz CT molecular complexity index is 426. The van der Waals surface area contributed by atoms with Crippen molar-refractivity contribution >= 4 is 29.7 Å². The van der Waals surface area contributed by atoms with Crippen molar-refractivity contribution in [3.63, 3.8) is 0 Å². The lowest BCUT2D eigenvalue weighted by Gasteiger charge is -2.24. The van der Waals surface area contributed by atoms with Gasteiger partial charge in [0.05, 0.1) is 13.1 Å². The highest BCUT2D eigenvalue weighted by Gasteiger charge is 2.33. The molecule has 0 bridgehead atoms. The van der Waals surface area contributed by atoms with E-state index in [-0.39, 0.29) is 23.7 Å². The second kappa shape index (κ2) is 7.41. The van der Waals surface area contributed by atoms with Crippen molar-refractivity contribution in [2.75, 3.05) is 33.2 Å². The predicted molar refractivity (Wildman–Crippen MR) is 86.3 cm³/mol. The highest BCUT2D eigenvalue weighted by atomic mass is 35.5. The lowest BCUT2D eigenvalue weighted by Crippen LogP contribution is -2.38. The second-order valence-corrected chi connectivity index (χ2v) is 6.84. The smallest absolute Gasteiger partial charge is 0.236 e. The van der Waals surface area contributed by atoms with Crippen LogP contribution in [0.2, 0.25) is 0 Å². The van der Waals surface area contributed by atoms with Crippen LogP contribution in [0.25, 0.3) is 0 Å². The fourth-order valence-electron chi connectivity index (χ4n) is 2.46. The molecule has 114 valence electrons. The average molecular weight is 318 g/mol. The minimum absolute atomic E-state index is 0. The summed E-state index contributed by atoms with van der Waals surface area (Å²) in [7, 11) is 1.88. The first-order valence-corrected chi connectivity index (χ1v) is 7.59. The summed E-state index contributed by atoms with van der Waals surface area (Å²) in [5.74, 6) is 0.190. The van der Waals surface area contributed by atoms with E-state index in [1.807, 2.05) is 23.4 Å². The summed E-state index contributed by atoms with van der Waals surface area (Å²) in [4.78, 5) is 17.4. The van der Waals surface area contributed by atoms with Gasteiger partial charge in [-0.05, 0) is 36.4 Å². The molecule has 1 aliphatic heterocycles. The van der Waals surface area contributed by atoms with Crippen LogP contribution in [0.15, 0.2) is 17.5 Å². The maximum Gasteiger partial charge on any atom is 0.236 e. The maximum atomic E-state index is 12.2. The number of carbonyl (C=O) groups excluding carboxylic acids is 1. The number of nitrogens with zero attached hydrogens (tertiary/aromatic N) is 2. The Hall–Kier alpha value is -0.620. The van der Waals surface area contributed by atoms with Crippen molar-refractivity contribution in [1.82, 2.24) is 9.80 Å². The van der Waals surface area contributed by atoms with Crippen molar-refractivity contribution in [2.24, 2.45) is 11.1 Å². The Morgan fingerprint density at radius 2 is 2.35 bits per heavy atom. The molecule has 1 saturated heterocycles. The lowest BCUT2D eigenvalue weighted by molar-refractivity contribution is -0.131. The van der Waals surface area contributed by atoms with Crippen LogP contribution < -0.4 is 5.73 Å². The molecule has 0 spiro atoms. The van der Waals surface area contributed by atoms with Crippen LogP contribution in [0.4, 0.5) is 0 Å². The number of amides is 1. The van der Waals surface area contributed by atoms with Crippen LogP contribution in [0, 0.1) is 5.41 Å². The van der Waals surface area contributed by atoms with E-state index in [1.165, 1.54) is 4.88 Å². The fourth-order valence-corrected chi connectivity index (χ4v) is 3.22. The van der Waals surface area contributed by atoms with Gasteiger partial charge < -0.3 is 10.6 Å². The van der Waals surface area contributed by atoms with Gasteiger partial charge in [0.2, 0.25) is 5.91 Å². The number of likely N-dealkylation sites (tertiary alicyclic amines) is 1. The molecule has 1 fully saturated rings. The average Bonchev–Trinajstić information content (AvgIpc) is 3.00. The second-order valence-electron chi connectivity index (χ2n) is 5.80. The van der Waals surface area contributed by atoms with Crippen LogP contribution in [-0.2, 0) is 11.3 Å². The standard InChI is InChI=1S/C14H23N3OS.ClH/c1-14(10-15)5-6-17(11-14)9-13(18)16(2)8-12-4-3-7-19-12;/h3-4,7H,5-6,8-11,15H2,1-2H3;1H. The summed E-state index contributed by atoms with van der Waals surface area (Å²) in [6.45, 7) is 6.03. The molecule has 2 rings (SSSR count). The molecule has 1 aromatic rings. The molecule has 1 unspecified atom stereocenters. The van der Waals surface area contributed by atoms with E-state index >= 15 is 0 Å². The van der Waals surface area contributed by atoms with Crippen LogP contribution in [-0.4, -0.2) is 48.9 Å². The van der Waals surface area contributed by atoms with Crippen LogP contribution in [0.1, 0.15) is 18.2 Å². The number of halogens is 1. The van der Waals surface area contributed by atoms with Gasteiger partial charge in [-0.15, -0.1) is 23.7 Å². The molecule has 2 N–H and O–H groups in total. The first-order valence-electron chi connectivity index (χ1n) is 6.71. The third-order valence-electron chi connectivity index (χ3n) is 3.89. The highest BCUT2D eigenvalue weighted by Crippen LogP contribution is 2.28. The number of nitrogens with two attached hydrogens (primary N) is 1. The molecule has 1 atom stereocenters. The normalized spacial score (nSPS) is 22.6. The largest absolute Gasteiger partial charge is 0.340 e. The summed E-state index contributed by atoms with van der Waals surface area (Å²) in [5, 5.41) is 2.04. The summed E-state index contributed by atoms with van der Waals surface area (Å²) in [5.41, 5.74) is 5.98. The molecule has 20 heavy (non-hydrogen) atoms. The van der Waals surface area contributed by atoms with Gasteiger partial charge in [0, 0.05) is 18.5 Å². The van der Waals surface area contributed by atoms with Gasteiger partial charge in [-0.2, -0.15) is 0 Å². The third-order valence-corrected chi connectivity index (χ3v) is 4.75. The van der Waals surface area contributed by atoms with Gasteiger partial charge in [-0.25, -0.2) is 0 Å². The Labute approximate surface area is 131 Å². The van der Waals surface area contributed by atoms with Gasteiger partial charge in [-0.1, -0.05) is 13.0 Å².